The molecule has 0 atom stereocenters. The molecule has 1 aromatic heterocycles. The van der Waals surface area contributed by atoms with Gasteiger partial charge in [-0.15, -0.1) is 0 Å². The van der Waals surface area contributed by atoms with Gasteiger partial charge in [-0.25, -0.2) is 0 Å². The van der Waals surface area contributed by atoms with Crippen LogP contribution in [0.15, 0.2) is 16.9 Å². The van der Waals surface area contributed by atoms with Crippen LogP contribution in [0.25, 0.3) is 0 Å². The first-order valence-electron chi connectivity index (χ1n) is 6.69. The predicted molar refractivity (Wildman–Crippen MR) is 69.3 cm³/mol. The van der Waals surface area contributed by atoms with Gasteiger partial charge in [0.2, 0.25) is 11.8 Å². The normalized spacial score (nSPS) is 14.2. The number of hydrogen-bond acceptors (Lipinski definition) is 4. The molecule has 1 heterocycles. The van der Waals surface area contributed by atoms with Gasteiger partial charge in [-0.1, -0.05) is 18.5 Å². The van der Waals surface area contributed by atoms with Crippen molar-refractivity contribution < 1.29 is 14.1 Å². The largest absolute Gasteiger partial charge is 0.363 e. The van der Waals surface area contributed by atoms with Crippen molar-refractivity contribution in [2.75, 3.05) is 18.4 Å². The minimum Gasteiger partial charge on any atom is -0.363 e. The molecule has 0 saturated heterocycles. The number of amides is 2. The molecule has 104 valence electrons. The molecule has 1 N–H and O–H groups in total. The van der Waals surface area contributed by atoms with E-state index in [4.69, 9.17) is 0 Å². The van der Waals surface area contributed by atoms with Crippen molar-refractivity contribution >= 4 is 17.6 Å². The fraction of sp³-hybridized carbons (Fsp3) is 0.615. The maximum Gasteiger partial charge on any atom is 0.245 e. The second-order valence-electron chi connectivity index (χ2n) is 4.82. The highest BCUT2D eigenvalue weighted by Crippen LogP contribution is 2.31. The number of carbonyl (C=O) groups excluding carboxylic acids is 2. The van der Waals surface area contributed by atoms with E-state index >= 15 is 0 Å². The minimum absolute atomic E-state index is 0.0855. The molecule has 0 unspecified atom stereocenters. The van der Waals surface area contributed by atoms with Gasteiger partial charge in [-0.3, -0.25) is 9.59 Å². The van der Waals surface area contributed by atoms with E-state index in [1.165, 1.54) is 6.26 Å². The number of carbonyl (C=O) groups is 2. The van der Waals surface area contributed by atoms with Crippen molar-refractivity contribution in [2.45, 2.75) is 32.6 Å². The van der Waals surface area contributed by atoms with Gasteiger partial charge in [0, 0.05) is 18.5 Å². The van der Waals surface area contributed by atoms with E-state index in [-0.39, 0.29) is 24.3 Å². The molecule has 1 aliphatic rings. The lowest BCUT2D eigenvalue weighted by Crippen LogP contribution is -2.39. The SMILES string of the molecule is CCCCN(CC(=O)Nc1ccon1)C(=O)C1CC1. The highest BCUT2D eigenvalue weighted by Gasteiger charge is 2.33. The van der Waals surface area contributed by atoms with Crippen molar-refractivity contribution in [1.82, 2.24) is 10.1 Å². The lowest BCUT2D eigenvalue weighted by atomic mass is 10.2. The summed E-state index contributed by atoms with van der Waals surface area (Å²) in [6.45, 7) is 2.79. The Morgan fingerprint density at radius 1 is 1.53 bits per heavy atom. The monoisotopic (exact) mass is 265 g/mol. The van der Waals surface area contributed by atoms with E-state index in [2.05, 4.69) is 21.9 Å². The van der Waals surface area contributed by atoms with E-state index in [0.717, 1.165) is 25.7 Å². The number of rotatable bonds is 7. The summed E-state index contributed by atoms with van der Waals surface area (Å²) in [7, 11) is 0. The molecular formula is C13H19N3O3. The summed E-state index contributed by atoms with van der Waals surface area (Å²) in [5.41, 5.74) is 0. The summed E-state index contributed by atoms with van der Waals surface area (Å²) in [6.07, 6.45) is 5.20. The van der Waals surface area contributed by atoms with Crippen LogP contribution in [0.4, 0.5) is 5.82 Å². The van der Waals surface area contributed by atoms with Gasteiger partial charge in [0.1, 0.15) is 6.26 Å². The first-order chi connectivity index (χ1) is 9.20. The number of nitrogens with one attached hydrogen (secondary N) is 1. The van der Waals surface area contributed by atoms with Gasteiger partial charge in [0.25, 0.3) is 0 Å². The Kier molecular flexibility index (Phi) is 4.54. The van der Waals surface area contributed by atoms with Crippen LogP contribution in [-0.2, 0) is 9.59 Å². The highest BCUT2D eigenvalue weighted by molar-refractivity contribution is 5.94. The molecule has 6 heteroatoms. The second-order valence-corrected chi connectivity index (χ2v) is 4.82. The van der Waals surface area contributed by atoms with Crippen molar-refractivity contribution in [3.05, 3.63) is 12.3 Å². The zero-order valence-corrected chi connectivity index (χ0v) is 11.1. The third kappa shape index (κ3) is 4.08. The van der Waals surface area contributed by atoms with Gasteiger partial charge < -0.3 is 14.7 Å². The number of nitrogens with zero attached hydrogens (tertiary/aromatic N) is 2. The molecule has 19 heavy (non-hydrogen) atoms. The Balaban J connectivity index is 1.86. The molecule has 0 aliphatic heterocycles. The van der Waals surface area contributed by atoms with Gasteiger partial charge in [-0.05, 0) is 19.3 Å². The molecule has 1 saturated carbocycles. The Bertz CT molecular complexity index is 426. The molecule has 2 amide bonds. The Hall–Kier alpha value is -1.85. The predicted octanol–water partition coefficient (Wildman–Crippen LogP) is 1.65. The second kappa shape index (κ2) is 6.36. The minimum atomic E-state index is -0.237. The van der Waals surface area contributed by atoms with Crippen LogP contribution in [0.1, 0.15) is 32.6 Å². The number of unbranched alkanes of at least 4 members (excludes halogenated alkanes) is 1. The van der Waals surface area contributed by atoms with Gasteiger partial charge in [-0.2, -0.15) is 0 Å². The van der Waals surface area contributed by atoms with Crippen LogP contribution in [0.3, 0.4) is 0 Å². The van der Waals surface area contributed by atoms with Crippen LogP contribution in [-0.4, -0.2) is 35.0 Å². The lowest BCUT2D eigenvalue weighted by molar-refractivity contribution is -0.135. The van der Waals surface area contributed by atoms with Crippen LogP contribution in [0.2, 0.25) is 0 Å². The first kappa shape index (κ1) is 13.6. The number of anilines is 1. The number of aromatic nitrogens is 1. The molecule has 0 radical (unpaired) electrons. The van der Waals surface area contributed by atoms with Gasteiger partial charge in [0.15, 0.2) is 5.82 Å². The van der Waals surface area contributed by atoms with Crippen molar-refractivity contribution in [3.8, 4) is 0 Å². The summed E-state index contributed by atoms with van der Waals surface area (Å²) in [5, 5.41) is 6.21. The zero-order chi connectivity index (χ0) is 13.7. The number of hydrogen-bond donors (Lipinski definition) is 1. The van der Waals surface area contributed by atoms with Crippen LogP contribution >= 0.6 is 0 Å². The molecular weight excluding hydrogens is 246 g/mol. The smallest absolute Gasteiger partial charge is 0.245 e. The third-order valence-corrected chi connectivity index (χ3v) is 3.06. The zero-order valence-electron chi connectivity index (χ0n) is 11.1. The van der Waals surface area contributed by atoms with E-state index in [9.17, 15) is 9.59 Å². The Labute approximate surface area is 112 Å². The summed E-state index contributed by atoms with van der Waals surface area (Å²) in [4.78, 5) is 25.6. The van der Waals surface area contributed by atoms with E-state index in [0.29, 0.717) is 12.4 Å². The maximum absolute atomic E-state index is 12.1. The topological polar surface area (TPSA) is 75.4 Å². The molecule has 1 aromatic rings. The summed E-state index contributed by atoms with van der Waals surface area (Å²) < 4.78 is 4.64. The standard InChI is InChI=1S/C13H19N3O3/c1-2-3-7-16(13(18)10-4-5-10)9-12(17)14-11-6-8-19-15-11/h6,8,10H,2-5,7,9H2,1H3,(H,14,15,17). The van der Waals surface area contributed by atoms with Crippen molar-refractivity contribution in [3.63, 3.8) is 0 Å². The summed E-state index contributed by atoms with van der Waals surface area (Å²) in [6, 6.07) is 1.57. The molecule has 0 aromatic carbocycles. The van der Waals surface area contributed by atoms with Gasteiger partial charge >= 0.3 is 0 Å². The molecule has 2 rings (SSSR count). The van der Waals surface area contributed by atoms with Gasteiger partial charge in [0.05, 0.1) is 6.54 Å². The molecule has 6 nitrogen and oxygen atoms in total. The molecule has 1 fully saturated rings. The fourth-order valence-electron chi connectivity index (χ4n) is 1.84. The quantitative estimate of drug-likeness (QED) is 0.813. The van der Waals surface area contributed by atoms with Crippen molar-refractivity contribution in [2.24, 2.45) is 5.92 Å². The van der Waals surface area contributed by atoms with Crippen LogP contribution < -0.4 is 5.32 Å². The Morgan fingerprint density at radius 2 is 2.32 bits per heavy atom. The fourth-order valence-corrected chi connectivity index (χ4v) is 1.84. The van der Waals surface area contributed by atoms with Crippen molar-refractivity contribution in [1.29, 1.82) is 0 Å². The highest BCUT2D eigenvalue weighted by atomic mass is 16.5. The van der Waals surface area contributed by atoms with Crippen LogP contribution in [0.5, 0.6) is 0 Å². The lowest BCUT2D eigenvalue weighted by Gasteiger charge is -2.21. The van der Waals surface area contributed by atoms with E-state index < -0.39 is 0 Å². The summed E-state index contributed by atoms with van der Waals surface area (Å²) in [5.74, 6) is 0.374. The molecule has 0 bridgehead atoms. The third-order valence-electron chi connectivity index (χ3n) is 3.06. The Morgan fingerprint density at radius 3 is 2.89 bits per heavy atom. The van der Waals surface area contributed by atoms with E-state index in [1.54, 1.807) is 11.0 Å². The average Bonchev–Trinajstić information content (AvgIpc) is 3.13. The average molecular weight is 265 g/mol. The van der Waals surface area contributed by atoms with E-state index in [1.807, 2.05) is 0 Å². The molecule has 0 spiro atoms. The summed E-state index contributed by atoms with van der Waals surface area (Å²) >= 11 is 0. The van der Waals surface area contributed by atoms with Crippen LogP contribution in [0, 0.1) is 5.92 Å². The molecule has 1 aliphatic carbocycles. The maximum atomic E-state index is 12.1. The first-order valence-corrected chi connectivity index (χ1v) is 6.69.